The van der Waals surface area contributed by atoms with Crippen molar-refractivity contribution in [1.82, 2.24) is 0 Å². The summed E-state index contributed by atoms with van der Waals surface area (Å²) in [5.74, 6) is -0.456. The van der Waals surface area contributed by atoms with E-state index in [1.54, 1.807) is 0 Å². The maximum atomic E-state index is 11.4. The Kier molecular flexibility index (Phi) is 6.52. The van der Waals surface area contributed by atoms with Crippen molar-refractivity contribution in [3.63, 3.8) is 0 Å². The molecule has 90 valence electrons. The minimum absolute atomic E-state index is 0.0985. The fourth-order valence-corrected chi connectivity index (χ4v) is 1.06. The van der Waals surface area contributed by atoms with E-state index < -0.39 is 5.60 Å². The van der Waals surface area contributed by atoms with E-state index in [4.69, 9.17) is 4.89 Å². The van der Waals surface area contributed by atoms with Crippen LogP contribution in [0, 0.1) is 5.92 Å². The molecule has 0 aromatic rings. The zero-order chi connectivity index (χ0) is 11.9. The van der Waals surface area contributed by atoms with E-state index in [2.05, 4.69) is 9.93 Å². The third kappa shape index (κ3) is 7.33. The SMILES string of the molecule is CCCC(CC)C(=O)OOOC(C)(C)C. The molecule has 4 heteroatoms. The lowest BCUT2D eigenvalue weighted by Crippen LogP contribution is -2.23. The Morgan fingerprint density at radius 1 is 1.27 bits per heavy atom. The maximum Gasteiger partial charge on any atom is 0.348 e. The standard InChI is InChI=1S/C11H22O4/c1-6-8-9(7-2)10(12)13-15-14-11(3,4)5/h9H,6-8H2,1-5H3. The minimum atomic E-state index is -0.479. The van der Waals surface area contributed by atoms with E-state index in [1.807, 2.05) is 34.6 Å². The molecule has 0 heterocycles. The van der Waals surface area contributed by atoms with E-state index in [1.165, 1.54) is 0 Å². The monoisotopic (exact) mass is 218 g/mol. The molecule has 0 aliphatic heterocycles. The Hall–Kier alpha value is -0.610. The molecule has 0 spiro atoms. The van der Waals surface area contributed by atoms with Crippen LogP contribution in [-0.2, 0) is 19.6 Å². The summed E-state index contributed by atoms with van der Waals surface area (Å²) in [4.78, 5) is 20.8. The summed E-state index contributed by atoms with van der Waals surface area (Å²) in [6.07, 6.45) is 2.52. The van der Waals surface area contributed by atoms with Gasteiger partial charge in [-0.15, -0.1) is 0 Å². The summed E-state index contributed by atoms with van der Waals surface area (Å²) in [7, 11) is 0. The average molecular weight is 218 g/mol. The Bertz CT molecular complexity index is 184. The number of hydrogen-bond acceptors (Lipinski definition) is 4. The second-order valence-corrected chi connectivity index (χ2v) is 4.56. The summed E-state index contributed by atoms with van der Waals surface area (Å²) in [5, 5.41) is 4.44. The van der Waals surface area contributed by atoms with Gasteiger partial charge in [0.15, 0.2) is 0 Å². The van der Waals surface area contributed by atoms with Gasteiger partial charge in [-0.3, -0.25) is 4.89 Å². The molecule has 0 aliphatic rings. The molecule has 4 nitrogen and oxygen atoms in total. The van der Waals surface area contributed by atoms with Crippen molar-refractivity contribution in [3.8, 4) is 0 Å². The van der Waals surface area contributed by atoms with Crippen molar-refractivity contribution >= 4 is 5.97 Å². The van der Waals surface area contributed by atoms with Gasteiger partial charge in [0, 0.05) is 0 Å². The topological polar surface area (TPSA) is 44.8 Å². The molecule has 0 N–H and O–H groups in total. The van der Waals surface area contributed by atoms with Gasteiger partial charge in [-0.1, -0.05) is 20.3 Å². The van der Waals surface area contributed by atoms with Gasteiger partial charge < -0.3 is 0 Å². The number of rotatable bonds is 6. The molecule has 1 unspecified atom stereocenters. The lowest BCUT2D eigenvalue weighted by atomic mass is 10.0. The summed E-state index contributed by atoms with van der Waals surface area (Å²) < 4.78 is 0. The number of carbonyl (C=O) groups is 1. The maximum absolute atomic E-state index is 11.4. The van der Waals surface area contributed by atoms with Gasteiger partial charge in [-0.05, 0) is 38.7 Å². The van der Waals surface area contributed by atoms with Crippen LogP contribution in [0.4, 0.5) is 0 Å². The van der Waals surface area contributed by atoms with Gasteiger partial charge in [0.2, 0.25) is 0 Å². The highest BCUT2D eigenvalue weighted by Gasteiger charge is 2.20. The fourth-order valence-electron chi connectivity index (χ4n) is 1.06. The predicted molar refractivity (Wildman–Crippen MR) is 56.7 cm³/mol. The first-order valence-electron chi connectivity index (χ1n) is 5.47. The molecule has 0 aromatic carbocycles. The van der Waals surface area contributed by atoms with Crippen LogP contribution >= 0.6 is 0 Å². The van der Waals surface area contributed by atoms with E-state index in [9.17, 15) is 4.79 Å². The van der Waals surface area contributed by atoms with E-state index in [0.29, 0.717) is 0 Å². The van der Waals surface area contributed by atoms with Crippen molar-refractivity contribution in [2.75, 3.05) is 0 Å². The molecule has 0 amide bonds. The molecule has 0 radical (unpaired) electrons. The van der Waals surface area contributed by atoms with Crippen molar-refractivity contribution < 1.29 is 19.6 Å². The lowest BCUT2D eigenvalue weighted by molar-refractivity contribution is -0.515. The smallest absolute Gasteiger partial charge is 0.269 e. The molecule has 0 bridgehead atoms. The largest absolute Gasteiger partial charge is 0.348 e. The molecule has 15 heavy (non-hydrogen) atoms. The molecule has 0 aliphatic carbocycles. The first-order valence-corrected chi connectivity index (χ1v) is 5.47. The van der Waals surface area contributed by atoms with Crippen molar-refractivity contribution in [2.24, 2.45) is 5.92 Å². The molecule has 0 saturated heterocycles. The molecule has 0 fully saturated rings. The zero-order valence-corrected chi connectivity index (χ0v) is 10.3. The van der Waals surface area contributed by atoms with Crippen LogP contribution in [0.15, 0.2) is 0 Å². The van der Waals surface area contributed by atoms with Crippen LogP contribution in [0.25, 0.3) is 0 Å². The quantitative estimate of drug-likeness (QED) is 0.508. The summed E-state index contributed by atoms with van der Waals surface area (Å²) >= 11 is 0. The minimum Gasteiger partial charge on any atom is -0.269 e. The highest BCUT2D eigenvalue weighted by molar-refractivity contribution is 5.71. The Morgan fingerprint density at radius 2 is 1.87 bits per heavy atom. The average Bonchev–Trinajstić information content (AvgIpc) is 2.11. The van der Waals surface area contributed by atoms with Gasteiger partial charge in [-0.25, -0.2) is 4.79 Å². The van der Waals surface area contributed by atoms with Crippen LogP contribution in [0.1, 0.15) is 53.9 Å². The van der Waals surface area contributed by atoms with Crippen LogP contribution in [0.5, 0.6) is 0 Å². The predicted octanol–water partition coefficient (Wildman–Crippen LogP) is 3.02. The fraction of sp³-hybridized carbons (Fsp3) is 0.909. The highest BCUT2D eigenvalue weighted by Crippen LogP contribution is 2.14. The molecule has 0 rings (SSSR count). The zero-order valence-electron chi connectivity index (χ0n) is 10.3. The molecule has 0 saturated carbocycles. The first kappa shape index (κ1) is 14.4. The summed E-state index contributed by atoms with van der Waals surface area (Å²) in [6, 6.07) is 0. The van der Waals surface area contributed by atoms with E-state index in [0.717, 1.165) is 19.3 Å². The van der Waals surface area contributed by atoms with Crippen LogP contribution < -0.4 is 0 Å². The normalized spacial score (nSPS) is 13.7. The first-order chi connectivity index (χ1) is 6.90. The molecular formula is C11H22O4. The van der Waals surface area contributed by atoms with Gasteiger partial charge in [0.1, 0.15) is 0 Å². The van der Waals surface area contributed by atoms with Gasteiger partial charge in [0.25, 0.3) is 0 Å². The van der Waals surface area contributed by atoms with Crippen molar-refractivity contribution in [1.29, 1.82) is 0 Å². The Labute approximate surface area is 91.7 Å². The third-order valence-corrected chi connectivity index (χ3v) is 1.86. The van der Waals surface area contributed by atoms with Crippen LogP contribution in [-0.4, -0.2) is 11.6 Å². The van der Waals surface area contributed by atoms with Crippen LogP contribution in [0.2, 0.25) is 0 Å². The Morgan fingerprint density at radius 3 is 2.27 bits per heavy atom. The number of hydrogen-bond donors (Lipinski definition) is 0. The van der Waals surface area contributed by atoms with Crippen LogP contribution in [0.3, 0.4) is 0 Å². The van der Waals surface area contributed by atoms with Gasteiger partial charge in [0.05, 0.1) is 11.5 Å². The lowest BCUT2D eigenvalue weighted by Gasteiger charge is -2.17. The van der Waals surface area contributed by atoms with E-state index in [-0.39, 0.29) is 11.9 Å². The van der Waals surface area contributed by atoms with E-state index >= 15 is 0 Å². The van der Waals surface area contributed by atoms with Crippen molar-refractivity contribution in [2.45, 2.75) is 59.5 Å². The van der Waals surface area contributed by atoms with Gasteiger partial charge in [-0.2, -0.15) is 4.89 Å². The Balaban J connectivity index is 3.81. The summed E-state index contributed by atoms with van der Waals surface area (Å²) in [5.41, 5.74) is -0.479. The molecule has 0 aromatic heterocycles. The van der Waals surface area contributed by atoms with Gasteiger partial charge >= 0.3 is 5.97 Å². The molecule has 1 atom stereocenters. The second kappa shape index (κ2) is 6.80. The van der Waals surface area contributed by atoms with Crippen molar-refractivity contribution in [3.05, 3.63) is 0 Å². The molecular weight excluding hydrogens is 196 g/mol. The third-order valence-electron chi connectivity index (χ3n) is 1.86. The number of carbonyl (C=O) groups excluding carboxylic acids is 1. The highest BCUT2D eigenvalue weighted by atomic mass is 17.5. The summed E-state index contributed by atoms with van der Waals surface area (Å²) in [6.45, 7) is 9.41. The second-order valence-electron chi connectivity index (χ2n) is 4.56.